The summed E-state index contributed by atoms with van der Waals surface area (Å²) in [7, 11) is 0. The molecule has 0 radical (unpaired) electrons. The number of nitrogens with one attached hydrogen (secondary N) is 1. The molecular formula is C7H11NO2. The van der Waals surface area contributed by atoms with E-state index in [4.69, 9.17) is 5.11 Å². The molecule has 3 nitrogen and oxygen atoms in total. The third-order valence-corrected chi connectivity index (χ3v) is 1.77. The quantitative estimate of drug-likeness (QED) is 0.596. The van der Waals surface area contributed by atoms with E-state index in [0.29, 0.717) is 11.8 Å². The largest absolute Gasteiger partial charge is 0.494 e. The van der Waals surface area contributed by atoms with Crippen LogP contribution < -0.4 is 0 Å². The number of rotatable bonds is 1. The Morgan fingerprint density at radius 1 is 1.50 bits per heavy atom. The SMILES string of the molecule is O.Oc1[nH]ccc1C1CC1. The van der Waals surface area contributed by atoms with E-state index in [2.05, 4.69) is 4.98 Å². The molecule has 0 saturated heterocycles. The molecule has 0 amide bonds. The highest BCUT2D eigenvalue weighted by Gasteiger charge is 2.26. The van der Waals surface area contributed by atoms with Crippen molar-refractivity contribution in [3.05, 3.63) is 17.8 Å². The standard InChI is InChI=1S/C7H9NO.H2O/c9-7-6(3-4-8-7)5-1-2-5;/h3-5,8-9H,1-2H2;1H2. The number of aromatic nitrogens is 1. The third-order valence-electron chi connectivity index (χ3n) is 1.77. The average molecular weight is 141 g/mol. The fourth-order valence-corrected chi connectivity index (χ4v) is 1.10. The predicted octanol–water partition coefficient (Wildman–Crippen LogP) is 0.773. The van der Waals surface area contributed by atoms with Gasteiger partial charge in [0.2, 0.25) is 0 Å². The van der Waals surface area contributed by atoms with Gasteiger partial charge >= 0.3 is 0 Å². The fraction of sp³-hybridized carbons (Fsp3) is 0.429. The second kappa shape index (κ2) is 2.34. The lowest BCUT2D eigenvalue weighted by Crippen LogP contribution is -1.72. The maximum absolute atomic E-state index is 9.11. The van der Waals surface area contributed by atoms with Crippen molar-refractivity contribution in [3.8, 4) is 5.88 Å². The molecular weight excluding hydrogens is 130 g/mol. The lowest BCUT2D eigenvalue weighted by atomic mass is 10.2. The molecule has 1 aromatic heterocycles. The first-order valence-corrected chi connectivity index (χ1v) is 3.24. The highest BCUT2D eigenvalue weighted by atomic mass is 16.3. The highest BCUT2D eigenvalue weighted by Crippen LogP contribution is 2.43. The molecule has 2 rings (SSSR count). The minimum atomic E-state index is 0. The average Bonchev–Trinajstić information content (AvgIpc) is 2.58. The van der Waals surface area contributed by atoms with Crippen LogP contribution in [-0.2, 0) is 0 Å². The highest BCUT2D eigenvalue weighted by molar-refractivity contribution is 5.31. The van der Waals surface area contributed by atoms with Gasteiger partial charge in [0.15, 0.2) is 5.88 Å². The van der Waals surface area contributed by atoms with E-state index in [-0.39, 0.29) is 5.48 Å². The van der Waals surface area contributed by atoms with Crippen molar-refractivity contribution in [1.82, 2.24) is 4.98 Å². The normalized spacial score (nSPS) is 16.4. The summed E-state index contributed by atoms with van der Waals surface area (Å²) in [6.07, 6.45) is 4.26. The molecule has 0 spiro atoms. The number of aromatic hydroxyl groups is 1. The molecule has 1 aliphatic rings. The van der Waals surface area contributed by atoms with Crippen molar-refractivity contribution < 1.29 is 10.6 Å². The van der Waals surface area contributed by atoms with Gasteiger partial charge in [-0.3, -0.25) is 0 Å². The molecule has 1 saturated carbocycles. The topological polar surface area (TPSA) is 67.5 Å². The molecule has 0 bridgehead atoms. The molecule has 0 aliphatic heterocycles. The van der Waals surface area contributed by atoms with Crippen molar-refractivity contribution in [2.24, 2.45) is 0 Å². The Balaban J connectivity index is 0.000000500. The van der Waals surface area contributed by atoms with Crippen molar-refractivity contribution >= 4 is 0 Å². The van der Waals surface area contributed by atoms with Crippen LogP contribution >= 0.6 is 0 Å². The second-order valence-electron chi connectivity index (χ2n) is 2.56. The minimum absolute atomic E-state index is 0. The van der Waals surface area contributed by atoms with Crippen molar-refractivity contribution in [2.45, 2.75) is 18.8 Å². The van der Waals surface area contributed by atoms with Gasteiger partial charge in [-0.05, 0) is 24.8 Å². The Hall–Kier alpha value is -0.960. The van der Waals surface area contributed by atoms with E-state index >= 15 is 0 Å². The third kappa shape index (κ3) is 0.998. The summed E-state index contributed by atoms with van der Waals surface area (Å²) in [5.74, 6) is 1.01. The van der Waals surface area contributed by atoms with Gasteiger partial charge in [0.1, 0.15) is 0 Å². The maximum Gasteiger partial charge on any atom is 0.191 e. The van der Waals surface area contributed by atoms with Gasteiger partial charge in [0.25, 0.3) is 0 Å². The molecule has 1 heterocycles. The van der Waals surface area contributed by atoms with Gasteiger partial charge in [0, 0.05) is 11.8 Å². The van der Waals surface area contributed by atoms with Crippen LogP contribution in [0.1, 0.15) is 24.3 Å². The summed E-state index contributed by atoms with van der Waals surface area (Å²) in [5, 5.41) is 9.11. The van der Waals surface area contributed by atoms with Gasteiger partial charge in [-0.25, -0.2) is 0 Å². The van der Waals surface area contributed by atoms with Crippen LogP contribution in [0.4, 0.5) is 0 Å². The summed E-state index contributed by atoms with van der Waals surface area (Å²) < 4.78 is 0. The van der Waals surface area contributed by atoms with Gasteiger partial charge in [0.05, 0.1) is 0 Å². The summed E-state index contributed by atoms with van der Waals surface area (Å²) in [4.78, 5) is 2.75. The molecule has 56 valence electrons. The van der Waals surface area contributed by atoms with Crippen LogP contribution in [0, 0.1) is 0 Å². The first-order valence-electron chi connectivity index (χ1n) is 3.24. The zero-order valence-corrected chi connectivity index (χ0v) is 5.59. The van der Waals surface area contributed by atoms with Gasteiger partial charge in [-0.15, -0.1) is 0 Å². The number of hydrogen-bond donors (Lipinski definition) is 2. The van der Waals surface area contributed by atoms with Crippen LogP contribution in [0.2, 0.25) is 0 Å². The summed E-state index contributed by atoms with van der Waals surface area (Å²) in [6, 6.07) is 1.95. The number of aromatic amines is 1. The molecule has 3 heteroatoms. The Morgan fingerprint density at radius 3 is 2.60 bits per heavy atom. The van der Waals surface area contributed by atoms with E-state index < -0.39 is 0 Å². The zero-order chi connectivity index (χ0) is 6.27. The summed E-state index contributed by atoms with van der Waals surface area (Å²) in [5.41, 5.74) is 1.09. The number of H-pyrrole nitrogens is 1. The molecule has 1 fully saturated rings. The van der Waals surface area contributed by atoms with Gasteiger partial charge in [-0.2, -0.15) is 0 Å². The smallest absolute Gasteiger partial charge is 0.191 e. The molecule has 10 heavy (non-hydrogen) atoms. The summed E-state index contributed by atoms with van der Waals surface area (Å²) >= 11 is 0. The predicted molar refractivity (Wildman–Crippen MR) is 38.0 cm³/mol. The Labute approximate surface area is 59.0 Å². The van der Waals surface area contributed by atoms with Gasteiger partial charge in [-0.1, -0.05) is 0 Å². The van der Waals surface area contributed by atoms with E-state index in [1.54, 1.807) is 6.20 Å². The van der Waals surface area contributed by atoms with E-state index in [1.807, 2.05) is 6.07 Å². The van der Waals surface area contributed by atoms with E-state index in [9.17, 15) is 0 Å². The molecule has 0 atom stereocenters. The summed E-state index contributed by atoms with van der Waals surface area (Å²) in [6.45, 7) is 0. The first kappa shape index (κ1) is 7.15. The van der Waals surface area contributed by atoms with Crippen LogP contribution in [-0.4, -0.2) is 15.6 Å². The first-order chi connectivity index (χ1) is 4.38. The van der Waals surface area contributed by atoms with Crippen molar-refractivity contribution in [1.29, 1.82) is 0 Å². The number of hydrogen-bond acceptors (Lipinski definition) is 1. The molecule has 0 unspecified atom stereocenters. The van der Waals surface area contributed by atoms with Crippen LogP contribution in [0.3, 0.4) is 0 Å². The van der Waals surface area contributed by atoms with E-state index in [1.165, 1.54) is 12.8 Å². The Kier molecular flexibility index (Phi) is 1.68. The minimum Gasteiger partial charge on any atom is -0.494 e. The van der Waals surface area contributed by atoms with Gasteiger partial charge < -0.3 is 15.6 Å². The molecule has 0 aromatic carbocycles. The second-order valence-corrected chi connectivity index (χ2v) is 2.56. The van der Waals surface area contributed by atoms with Crippen LogP contribution in [0.25, 0.3) is 0 Å². The van der Waals surface area contributed by atoms with Crippen molar-refractivity contribution in [2.75, 3.05) is 0 Å². The molecule has 1 aromatic rings. The zero-order valence-electron chi connectivity index (χ0n) is 5.59. The van der Waals surface area contributed by atoms with Crippen molar-refractivity contribution in [3.63, 3.8) is 0 Å². The molecule has 4 N–H and O–H groups in total. The maximum atomic E-state index is 9.11. The Bertz CT molecular complexity index is 215. The lowest BCUT2D eigenvalue weighted by molar-refractivity contribution is 0.450. The fourth-order valence-electron chi connectivity index (χ4n) is 1.10. The molecule has 1 aliphatic carbocycles. The van der Waals surface area contributed by atoms with Crippen LogP contribution in [0.15, 0.2) is 12.3 Å². The lowest BCUT2D eigenvalue weighted by Gasteiger charge is -1.89. The monoisotopic (exact) mass is 141 g/mol. The van der Waals surface area contributed by atoms with E-state index in [0.717, 1.165) is 5.56 Å². The van der Waals surface area contributed by atoms with Crippen LogP contribution in [0.5, 0.6) is 5.88 Å². The Morgan fingerprint density at radius 2 is 2.20 bits per heavy atom.